The quantitative estimate of drug-likeness (QED) is 0.385. The smallest absolute Gasteiger partial charge is 0.229 e. The molecule has 10 nitrogen and oxygen atoms in total. The summed E-state index contributed by atoms with van der Waals surface area (Å²) < 4.78 is 16.7. The van der Waals surface area contributed by atoms with Gasteiger partial charge in [0.25, 0.3) is 0 Å². The third kappa shape index (κ3) is 4.03. The molecule has 0 aromatic heterocycles. The van der Waals surface area contributed by atoms with Crippen LogP contribution in [0.2, 0.25) is 0 Å². The molecule has 0 aliphatic carbocycles. The van der Waals surface area contributed by atoms with Gasteiger partial charge in [0, 0.05) is 12.1 Å². The number of benzene rings is 2. The Bertz CT molecular complexity index is 957. The molecule has 0 bridgehead atoms. The minimum Gasteiger partial charge on any atom is -0.508 e. The van der Waals surface area contributed by atoms with Crippen molar-refractivity contribution in [2.24, 2.45) is 0 Å². The largest absolute Gasteiger partial charge is 0.508 e. The Hall–Kier alpha value is -2.89. The van der Waals surface area contributed by atoms with Crippen molar-refractivity contribution in [3.63, 3.8) is 0 Å². The molecule has 10 heteroatoms. The first-order valence-corrected chi connectivity index (χ1v) is 9.61. The summed E-state index contributed by atoms with van der Waals surface area (Å²) >= 11 is 0. The molecule has 2 aromatic rings. The van der Waals surface area contributed by atoms with E-state index in [4.69, 9.17) is 14.2 Å². The summed E-state index contributed by atoms with van der Waals surface area (Å²) in [6.07, 6.45) is -8.09. The van der Waals surface area contributed by atoms with Gasteiger partial charge in [-0.2, -0.15) is 0 Å². The summed E-state index contributed by atoms with van der Waals surface area (Å²) in [6, 6.07) is 8.64. The van der Waals surface area contributed by atoms with Crippen LogP contribution in [0.5, 0.6) is 23.0 Å². The Balaban J connectivity index is 1.59. The highest BCUT2D eigenvalue weighted by Gasteiger charge is 2.45. The Labute approximate surface area is 176 Å². The van der Waals surface area contributed by atoms with Crippen molar-refractivity contribution in [1.82, 2.24) is 0 Å². The summed E-state index contributed by atoms with van der Waals surface area (Å²) in [5.41, 5.74) is 0.632. The van der Waals surface area contributed by atoms with Crippen LogP contribution in [0.4, 0.5) is 0 Å². The molecule has 0 saturated carbocycles. The van der Waals surface area contributed by atoms with Crippen LogP contribution in [0.15, 0.2) is 36.4 Å². The third-order valence-corrected chi connectivity index (χ3v) is 5.34. The predicted octanol–water partition coefficient (Wildman–Crippen LogP) is -0.0170. The number of phenolic OH excluding ortho intramolecular Hbond substituents is 2. The first-order valence-electron chi connectivity index (χ1n) is 9.61. The molecule has 166 valence electrons. The van der Waals surface area contributed by atoms with Crippen molar-refractivity contribution >= 4 is 5.78 Å². The van der Waals surface area contributed by atoms with E-state index in [1.165, 1.54) is 18.2 Å². The lowest BCUT2D eigenvalue weighted by Crippen LogP contribution is -2.60. The summed E-state index contributed by atoms with van der Waals surface area (Å²) in [7, 11) is 0. The van der Waals surface area contributed by atoms with Gasteiger partial charge in [-0.3, -0.25) is 4.79 Å². The monoisotopic (exact) mass is 434 g/mol. The number of aromatic hydroxyl groups is 2. The van der Waals surface area contributed by atoms with Gasteiger partial charge < -0.3 is 44.8 Å². The molecule has 0 radical (unpaired) electrons. The van der Waals surface area contributed by atoms with Gasteiger partial charge in [-0.1, -0.05) is 12.1 Å². The van der Waals surface area contributed by atoms with Gasteiger partial charge in [-0.05, 0) is 17.7 Å². The maximum absolute atomic E-state index is 12.6. The van der Waals surface area contributed by atoms with E-state index in [1.807, 2.05) is 0 Å². The van der Waals surface area contributed by atoms with Crippen molar-refractivity contribution in [3.05, 3.63) is 47.5 Å². The minimum absolute atomic E-state index is 0.0156. The van der Waals surface area contributed by atoms with Gasteiger partial charge in [0.05, 0.1) is 13.0 Å². The van der Waals surface area contributed by atoms with Gasteiger partial charge >= 0.3 is 0 Å². The number of aliphatic hydroxyl groups is 4. The summed E-state index contributed by atoms with van der Waals surface area (Å²) in [5.74, 6) is -0.657. The van der Waals surface area contributed by atoms with Gasteiger partial charge in [0.2, 0.25) is 6.29 Å². The Kier molecular flexibility index (Phi) is 5.73. The zero-order valence-corrected chi connectivity index (χ0v) is 16.2. The molecule has 0 amide bonds. The van der Waals surface area contributed by atoms with Crippen molar-refractivity contribution in [2.75, 3.05) is 6.61 Å². The molecule has 2 aliphatic heterocycles. The number of carbonyl (C=O) groups excluding carboxylic acids is 1. The third-order valence-electron chi connectivity index (χ3n) is 5.34. The average molecular weight is 434 g/mol. The highest BCUT2D eigenvalue weighted by molar-refractivity contribution is 6.02. The lowest BCUT2D eigenvalue weighted by Gasteiger charge is -2.39. The van der Waals surface area contributed by atoms with Crippen LogP contribution in [-0.4, -0.2) is 73.7 Å². The summed E-state index contributed by atoms with van der Waals surface area (Å²) in [4.78, 5) is 12.6. The van der Waals surface area contributed by atoms with E-state index in [2.05, 4.69) is 0 Å². The van der Waals surface area contributed by atoms with E-state index < -0.39 is 49.2 Å². The lowest BCUT2D eigenvalue weighted by atomic mass is 9.95. The lowest BCUT2D eigenvalue weighted by molar-refractivity contribution is -0.277. The van der Waals surface area contributed by atoms with Crippen LogP contribution in [-0.2, 0) is 4.74 Å². The van der Waals surface area contributed by atoms with Crippen LogP contribution in [0.25, 0.3) is 0 Å². The molecular weight excluding hydrogens is 412 g/mol. The minimum atomic E-state index is -1.64. The molecule has 6 atom stereocenters. The molecule has 2 aromatic carbocycles. The Morgan fingerprint density at radius 3 is 2.39 bits per heavy atom. The summed E-state index contributed by atoms with van der Waals surface area (Å²) in [6.45, 7) is -0.619. The second kappa shape index (κ2) is 8.33. The van der Waals surface area contributed by atoms with Crippen LogP contribution >= 0.6 is 0 Å². The molecule has 0 spiro atoms. The van der Waals surface area contributed by atoms with Gasteiger partial charge in [-0.25, -0.2) is 0 Å². The number of ketones is 1. The number of ether oxygens (including phenoxy) is 3. The van der Waals surface area contributed by atoms with Crippen LogP contribution in [0.1, 0.15) is 28.4 Å². The second-order valence-corrected chi connectivity index (χ2v) is 7.46. The van der Waals surface area contributed by atoms with Gasteiger partial charge in [0.1, 0.15) is 59.1 Å². The first-order chi connectivity index (χ1) is 14.8. The number of hydrogen-bond acceptors (Lipinski definition) is 10. The number of fused-ring (bicyclic) bond motifs is 1. The fourth-order valence-electron chi connectivity index (χ4n) is 3.66. The van der Waals surface area contributed by atoms with E-state index >= 15 is 0 Å². The van der Waals surface area contributed by atoms with Crippen molar-refractivity contribution in [1.29, 1.82) is 0 Å². The first kappa shape index (κ1) is 21.3. The van der Waals surface area contributed by atoms with Crippen molar-refractivity contribution < 1.29 is 49.6 Å². The van der Waals surface area contributed by atoms with E-state index in [0.717, 1.165) is 6.07 Å². The van der Waals surface area contributed by atoms with Gasteiger partial charge in [0.15, 0.2) is 5.78 Å². The van der Waals surface area contributed by atoms with Crippen LogP contribution in [0.3, 0.4) is 0 Å². The number of phenols is 2. The molecule has 2 heterocycles. The average Bonchev–Trinajstić information content (AvgIpc) is 2.74. The molecule has 1 saturated heterocycles. The number of hydrogen-bond donors (Lipinski definition) is 6. The molecule has 2 aliphatic rings. The van der Waals surface area contributed by atoms with Gasteiger partial charge in [-0.15, -0.1) is 0 Å². The standard InChI is InChI=1S/C21H22O10/c22-8-16-18(26)19(27)20(28)21(31-16)29-11-5-12(24)17-13(25)7-14(30-15(17)6-11)9-1-3-10(23)4-2-9/h1-6,14,16,18-24,26-28H,7-8H2/t14-,16+,18+,19-,20+,21+/m1/s1. The zero-order valence-electron chi connectivity index (χ0n) is 16.2. The number of rotatable bonds is 4. The van der Waals surface area contributed by atoms with E-state index in [0.29, 0.717) is 5.56 Å². The van der Waals surface area contributed by atoms with Crippen molar-refractivity contribution in [2.45, 2.75) is 43.2 Å². The van der Waals surface area contributed by atoms with E-state index in [9.17, 15) is 35.4 Å². The number of carbonyl (C=O) groups is 1. The Morgan fingerprint density at radius 2 is 1.71 bits per heavy atom. The molecule has 1 fully saturated rings. The molecule has 0 unspecified atom stereocenters. The highest BCUT2D eigenvalue weighted by Crippen LogP contribution is 2.42. The van der Waals surface area contributed by atoms with Crippen LogP contribution < -0.4 is 9.47 Å². The number of Topliss-reactive ketones (excluding diaryl/α,β-unsaturated/α-hetero) is 1. The second-order valence-electron chi connectivity index (χ2n) is 7.46. The van der Waals surface area contributed by atoms with E-state index in [-0.39, 0.29) is 35.0 Å². The number of aliphatic hydroxyl groups excluding tert-OH is 4. The fourth-order valence-corrected chi connectivity index (χ4v) is 3.66. The Morgan fingerprint density at radius 1 is 1.00 bits per heavy atom. The fraction of sp³-hybridized carbons (Fsp3) is 0.381. The maximum Gasteiger partial charge on any atom is 0.229 e. The summed E-state index contributed by atoms with van der Waals surface area (Å²) in [5, 5.41) is 59.0. The molecular formula is C21H22O10. The predicted molar refractivity (Wildman–Crippen MR) is 103 cm³/mol. The van der Waals surface area contributed by atoms with E-state index in [1.54, 1.807) is 12.1 Å². The maximum atomic E-state index is 12.6. The topological polar surface area (TPSA) is 166 Å². The molecule has 6 N–H and O–H groups in total. The molecule has 4 rings (SSSR count). The SMILES string of the molecule is O=C1C[C@H](c2ccc(O)cc2)Oc2cc(O[C@H]3O[C@@H](CO)[C@H](O)[C@@H](O)[C@@H]3O)cc(O)c21. The highest BCUT2D eigenvalue weighted by atomic mass is 16.7. The zero-order chi connectivity index (χ0) is 22.3. The van der Waals surface area contributed by atoms with Crippen LogP contribution in [0, 0.1) is 0 Å². The molecule has 31 heavy (non-hydrogen) atoms. The normalized spacial score (nSPS) is 30.4. The van der Waals surface area contributed by atoms with Crippen molar-refractivity contribution in [3.8, 4) is 23.0 Å².